The highest BCUT2D eigenvalue weighted by molar-refractivity contribution is 5.72. The molecule has 0 aliphatic heterocycles. The fraction of sp³-hybridized carbons (Fsp3) is 0.462. The molecule has 0 unspecified atom stereocenters. The molecule has 0 saturated carbocycles. The highest BCUT2D eigenvalue weighted by atomic mass is 16.5. The smallest absolute Gasteiger partial charge is 0.309 e. The average molecular weight is 206 g/mol. The van der Waals surface area contributed by atoms with Gasteiger partial charge in [-0.3, -0.25) is 4.79 Å². The van der Waals surface area contributed by atoms with Crippen molar-refractivity contribution in [3.05, 3.63) is 35.9 Å². The van der Waals surface area contributed by atoms with Gasteiger partial charge >= 0.3 is 5.97 Å². The fourth-order valence-electron chi connectivity index (χ4n) is 1.13. The summed E-state index contributed by atoms with van der Waals surface area (Å²) in [5, 5.41) is 0. The van der Waals surface area contributed by atoms with E-state index < -0.39 is 0 Å². The summed E-state index contributed by atoms with van der Waals surface area (Å²) in [4.78, 5) is 11.5. The van der Waals surface area contributed by atoms with Crippen molar-refractivity contribution in [2.45, 2.75) is 27.4 Å². The third-order valence-electron chi connectivity index (χ3n) is 2.60. The Morgan fingerprint density at radius 3 is 2.33 bits per heavy atom. The summed E-state index contributed by atoms with van der Waals surface area (Å²) < 4.78 is 5.21. The summed E-state index contributed by atoms with van der Waals surface area (Å²) >= 11 is 0. The van der Waals surface area contributed by atoms with Crippen LogP contribution in [0.3, 0.4) is 0 Å². The molecular weight excluding hydrogens is 188 g/mol. The summed E-state index contributed by atoms with van der Waals surface area (Å²) in [5.41, 5.74) is 1.03. The van der Waals surface area contributed by atoms with E-state index in [1.54, 1.807) is 0 Å². The van der Waals surface area contributed by atoms with E-state index in [-0.39, 0.29) is 11.9 Å². The summed E-state index contributed by atoms with van der Waals surface area (Å²) in [6.45, 7) is 6.32. The Bertz CT molecular complexity index is 304. The first-order chi connectivity index (χ1) is 7.11. The van der Waals surface area contributed by atoms with Gasteiger partial charge in [0.15, 0.2) is 0 Å². The van der Waals surface area contributed by atoms with Crippen LogP contribution in [-0.4, -0.2) is 5.97 Å². The Labute approximate surface area is 91.3 Å². The zero-order chi connectivity index (χ0) is 11.3. The van der Waals surface area contributed by atoms with Crippen LogP contribution in [0, 0.1) is 11.8 Å². The van der Waals surface area contributed by atoms with Crippen LogP contribution in [0.2, 0.25) is 0 Å². The molecule has 0 amide bonds. The van der Waals surface area contributed by atoms with Gasteiger partial charge in [0.2, 0.25) is 0 Å². The second-order valence-corrected chi connectivity index (χ2v) is 4.13. The third kappa shape index (κ3) is 3.74. The standard InChI is InChI=1S/C13H18O2/c1-10(2)11(3)13(14)15-9-12-7-5-4-6-8-12/h4-8,10-11H,9H2,1-3H3/t11-/m1/s1. The highest BCUT2D eigenvalue weighted by Crippen LogP contribution is 2.12. The molecule has 0 spiro atoms. The number of hydrogen-bond acceptors (Lipinski definition) is 2. The maximum atomic E-state index is 11.5. The van der Waals surface area contributed by atoms with E-state index in [0.717, 1.165) is 5.56 Å². The average Bonchev–Trinajstić information content (AvgIpc) is 2.26. The molecule has 0 heterocycles. The largest absolute Gasteiger partial charge is 0.461 e. The second kappa shape index (κ2) is 5.54. The molecule has 0 radical (unpaired) electrons. The van der Waals surface area contributed by atoms with Crippen molar-refractivity contribution < 1.29 is 9.53 Å². The van der Waals surface area contributed by atoms with Crippen LogP contribution in [0.1, 0.15) is 26.3 Å². The maximum Gasteiger partial charge on any atom is 0.309 e. The Morgan fingerprint density at radius 1 is 1.20 bits per heavy atom. The van der Waals surface area contributed by atoms with Gasteiger partial charge in [-0.25, -0.2) is 0 Å². The molecule has 0 N–H and O–H groups in total. The topological polar surface area (TPSA) is 26.3 Å². The summed E-state index contributed by atoms with van der Waals surface area (Å²) in [6.07, 6.45) is 0. The van der Waals surface area contributed by atoms with Gasteiger partial charge in [0.25, 0.3) is 0 Å². The van der Waals surface area contributed by atoms with Crippen LogP contribution in [0.4, 0.5) is 0 Å². The predicted molar refractivity (Wildman–Crippen MR) is 60.2 cm³/mol. The van der Waals surface area contributed by atoms with Gasteiger partial charge < -0.3 is 4.74 Å². The quantitative estimate of drug-likeness (QED) is 0.708. The monoisotopic (exact) mass is 206 g/mol. The molecule has 0 bridgehead atoms. The molecule has 0 aliphatic carbocycles. The number of esters is 1. The lowest BCUT2D eigenvalue weighted by Crippen LogP contribution is -2.19. The van der Waals surface area contributed by atoms with E-state index in [9.17, 15) is 4.79 Å². The minimum Gasteiger partial charge on any atom is -0.461 e. The molecular formula is C13H18O2. The Hall–Kier alpha value is -1.31. The molecule has 0 saturated heterocycles. The number of carbonyl (C=O) groups excluding carboxylic acids is 1. The van der Waals surface area contributed by atoms with Crippen LogP contribution in [0.25, 0.3) is 0 Å². The molecule has 2 nitrogen and oxygen atoms in total. The number of benzene rings is 1. The number of ether oxygens (including phenoxy) is 1. The lowest BCUT2D eigenvalue weighted by molar-refractivity contribution is -0.150. The number of rotatable bonds is 4. The zero-order valence-electron chi connectivity index (χ0n) is 9.57. The van der Waals surface area contributed by atoms with Crippen molar-refractivity contribution in [1.29, 1.82) is 0 Å². The van der Waals surface area contributed by atoms with Gasteiger partial charge in [-0.05, 0) is 11.5 Å². The maximum absolute atomic E-state index is 11.5. The highest BCUT2D eigenvalue weighted by Gasteiger charge is 2.17. The summed E-state index contributed by atoms with van der Waals surface area (Å²) in [5.74, 6) is 0.177. The van der Waals surface area contributed by atoms with Crippen molar-refractivity contribution in [1.82, 2.24) is 0 Å². The molecule has 1 aromatic carbocycles. The van der Waals surface area contributed by atoms with Crippen LogP contribution >= 0.6 is 0 Å². The Morgan fingerprint density at radius 2 is 1.80 bits per heavy atom. The van der Waals surface area contributed by atoms with Crippen molar-refractivity contribution in [3.63, 3.8) is 0 Å². The lowest BCUT2D eigenvalue weighted by Gasteiger charge is -2.14. The third-order valence-corrected chi connectivity index (χ3v) is 2.60. The lowest BCUT2D eigenvalue weighted by atomic mass is 9.99. The van der Waals surface area contributed by atoms with Crippen LogP contribution in [-0.2, 0) is 16.1 Å². The second-order valence-electron chi connectivity index (χ2n) is 4.13. The van der Waals surface area contributed by atoms with E-state index in [1.165, 1.54) is 0 Å². The molecule has 1 atom stereocenters. The van der Waals surface area contributed by atoms with Crippen molar-refractivity contribution in [2.75, 3.05) is 0 Å². The SMILES string of the molecule is CC(C)[C@@H](C)C(=O)OCc1ccccc1. The first kappa shape index (κ1) is 11.8. The molecule has 2 heteroatoms. The van der Waals surface area contributed by atoms with Crippen molar-refractivity contribution in [2.24, 2.45) is 11.8 Å². The molecule has 1 aromatic rings. The number of hydrogen-bond donors (Lipinski definition) is 0. The minimum absolute atomic E-state index is 0.0336. The fourth-order valence-corrected chi connectivity index (χ4v) is 1.13. The Kier molecular flexibility index (Phi) is 4.35. The van der Waals surface area contributed by atoms with Gasteiger partial charge in [0.05, 0.1) is 5.92 Å². The van der Waals surface area contributed by atoms with E-state index >= 15 is 0 Å². The van der Waals surface area contributed by atoms with E-state index in [1.807, 2.05) is 51.1 Å². The molecule has 1 rings (SSSR count). The van der Waals surface area contributed by atoms with Crippen molar-refractivity contribution in [3.8, 4) is 0 Å². The molecule has 0 aliphatic rings. The first-order valence-electron chi connectivity index (χ1n) is 5.32. The minimum atomic E-state index is -0.117. The molecule has 0 aromatic heterocycles. The normalized spacial score (nSPS) is 12.5. The van der Waals surface area contributed by atoms with Gasteiger partial charge in [0, 0.05) is 0 Å². The van der Waals surface area contributed by atoms with Gasteiger partial charge in [-0.2, -0.15) is 0 Å². The molecule has 0 fully saturated rings. The van der Waals surface area contributed by atoms with Crippen LogP contribution in [0.5, 0.6) is 0 Å². The summed E-state index contributed by atoms with van der Waals surface area (Å²) in [7, 11) is 0. The van der Waals surface area contributed by atoms with Gasteiger partial charge in [-0.15, -0.1) is 0 Å². The van der Waals surface area contributed by atoms with E-state index in [0.29, 0.717) is 12.5 Å². The molecule has 82 valence electrons. The van der Waals surface area contributed by atoms with Gasteiger partial charge in [-0.1, -0.05) is 51.1 Å². The van der Waals surface area contributed by atoms with Crippen LogP contribution in [0.15, 0.2) is 30.3 Å². The van der Waals surface area contributed by atoms with Crippen molar-refractivity contribution >= 4 is 5.97 Å². The number of carbonyl (C=O) groups is 1. The van der Waals surface area contributed by atoms with E-state index in [4.69, 9.17) is 4.74 Å². The van der Waals surface area contributed by atoms with Crippen LogP contribution < -0.4 is 0 Å². The predicted octanol–water partition coefficient (Wildman–Crippen LogP) is 3.02. The summed E-state index contributed by atoms with van der Waals surface area (Å²) in [6, 6.07) is 9.73. The first-order valence-corrected chi connectivity index (χ1v) is 5.32. The molecule has 15 heavy (non-hydrogen) atoms. The Balaban J connectivity index is 2.41. The van der Waals surface area contributed by atoms with E-state index in [2.05, 4.69) is 0 Å². The zero-order valence-corrected chi connectivity index (χ0v) is 9.57. The van der Waals surface area contributed by atoms with Gasteiger partial charge in [0.1, 0.15) is 6.61 Å².